The number of ether oxygens (including phenoxy) is 1. The van der Waals surface area contributed by atoms with Crippen molar-refractivity contribution in [3.05, 3.63) is 40.8 Å². The molecule has 0 aliphatic rings. The van der Waals surface area contributed by atoms with Crippen LogP contribution in [0.2, 0.25) is 0 Å². The number of aromatic nitrogens is 2. The van der Waals surface area contributed by atoms with Gasteiger partial charge in [-0.15, -0.1) is 13.2 Å². The second-order valence-corrected chi connectivity index (χ2v) is 4.74. The van der Waals surface area contributed by atoms with Crippen LogP contribution in [0.5, 0.6) is 5.75 Å². The van der Waals surface area contributed by atoms with E-state index in [1.54, 1.807) is 12.1 Å². The Morgan fingerprint density at radius 3 is 2.67 bits per heavy atom. The van der Waals surface area contributed by atoms with Crippen LogP contribution in [0.15, 0.2) is 30.6 Å². The summed E-state index contributed by atoms with van der Waals surface area (Å²) in [6.07, 6.45) is -1.94. The molecule has 0 aliphatic carbocycles. The van der Waals surface area contributed by atoms with Crippen molar-refractivity contribution in [1.82, 2.24) is 9.97 Å². The van der Waals surface area contributed by atoms with Gasteiger partial charge < -0.3 is 9.72 Å². The van der Waals surface area contributed by atoms with E-state index in [-0.39, 0.29) is 5.75 Å². The topological polar surface area (TPSA) is 37.9 Å². The Morgan fingerprint density at radius 1 is 1.29 bits per heavy atom. The summed E-state index contributed by atoms with van der Waals surface area (Å²) in [6, 6.07) is 5.96. The number of para-hydroxylation sites is 1. The van der Waals surface area contributed by atoms with Gasteiger partial charge >= 0.3 is 6.36 Å². The van der Waals surface area contributed by atoms with Crippen LogP contribution in [0.3, 0.4) is 0 Å². The Kier molecular flexibility index (Phi) is 4.62. The third-order valence-electron chi connectivity index (χ3n) is 2.83. The first kappa shape index (κ1) is 15.5. The molecule has 2 rings (SSSR count). The molecule has 1 N–H and O–H groups in total. The molecule has 1 heterocycles. The van der Waals surface area contributed by atoms with Gasteiger partial charge in [0.2, 0.25) is 0 Å². The summed E-state index contributed by atoms with van der Waals surface area (Å²) >= 11 is 5.16. The second-order valence-electron chi connectivity index (χ2n) is 4.36. The van der Waals surface area contributed by atoms with Crippen molar-refractivity contribution >= 4 is 12.2 Å². The molecule has 0 fully saturated rings. The number of hydrogen-bond acceptors (Lipinski definition) is 3. The van der Waals surface area contributed by atoms with Gasteiger partial charge in [0.25, 0.3) is 0 Å². The molecule has 0 atom stereocenters. The number of H-pyrrole nitrogens is 1. The third-order valence-corrected chi connectivity index (χ3v) is 3.18. The average Bonchev–Trinajstić information content (AvgIpc) is 2.40. The van der Waals surface area contributed by atoms with Crippen molar-refractivity contribution in [2.45, 2.75) is 26.1 Å². The zero-order valence-electron chi connectivity index (χ0n) is 11.2. The molecule has 0 bridgehead atoms. The molecular weight excluding hydrogens is 301 g/mol. The molecule has 0 amide bonds. The predicted molar refractivity (Wildman–Crippen MR) is 75.5 cm³/mol. The Bertz CT molecular complexity index is 682. The number of nitrogens with zero attached hydrogens (tertiary/aromatic N) is 1. The molecule has 0 radical (unpaired) electrons. The van der Waals surface area contributed by atoms with Crippen molar-refractivity contribution in [2.24, 2.45) is 0 Å². The van der Waals surface area contributed by atoms with Crippen molar-refractivity contribution in [2.75, 3.05) is 0 Å². The highest BCUT2D eigenvalue weighted by Crippen LogP contribution is 2.34. The predicted octanol–water partition coefficient (Wildman–Crippen LogP) is 4.66. The lowest BCUT2D eigenvalue weighted by molar-refractivity contribution is -0.274. The number of hydrogen-bond donors (Lipinski definition) is 1. The van der Waals surface area contributed by atoms with E-state index >= 15 is 0 Å². The molecule has 0 aliphatic heterocycles. The van der Waals surface area contributed by atoms with Crippen LogP contribution in [0.4, 0.5) is 13.2 Å². The first-order valence-electron chi connectivity index (χ1n) is 6.34. The van der Waals surface area contributed by atoms with Gasteiger partial charge in [0, 0.05) is 11.1 Å². The first-order chi connectivity index (χ1) is 9.92. The van der Waals surface area contributed by atoms with Gasteiger partial charge in [-0.05, 0) is 18.6 Å². The van der Waals surface area contributed by atoms with Crippen LogP contribution in [0.1, 0.15) is 18.9 Å². The zero-order valence-corrected chi connectivity index (χ0v) is 12.0. The summed E-state index contributed by atoms with van der Waals surface area (Å²) in [4.78, 5) is 6.86. The lowest BCUT2D eigenvalue weighted by Gasteiger charge is -2.15. The summed E-state index contributed by atoms with van der Waals surface area (Å²) in [6.45, 7) is 1.96. The van der Waals surface area contributed by atoms with Crippen molar-refractivity contribution in [3.8, 4) is 17.0 Å². The quantitative estimate of drug-likeness (QED) is 0.834. The number of aromatic amines is 1. The maximum absolute atomic E-state index is 12.5. The maximum atomic E-state index is 12.5. The van der Waals surface area contributed by atoms with Crippen LogP contribution >= 0.6 is 12.2 Å². The molecule has 3 nitrogen and oxygen atoms in total. The van der Waals surface area contributed by atoms with Crippen LogP contribution < -0.4 is 4.74 Å². The van der Waals surface area contributed by atoms with Crippen LogP contribution in [0.25, 0.3) is 11.3 Å². The fraction of sp³-hybridized carbons (Fsp3) is 0.286. The maximum Gasteiger partial charge on any atom is 0.573 e. The SMILES string of the molecule is CCCc1c(-c2ccccc2OC(F)(F)F)[nH]cnc1=S. The van der Waals surface area contributed by atoms with Crippen molar-refractivity contribution in [3.63, 3.8) is 0 Å². The molecule has 0 saturated carbocycles. The molecule has 1 aromatic carbocycles. The van der Waals surface area contributed by atoms with E-state index < -0.39 is 6.36 Å². The van der Waals surface area contributed by atoms with Crippen LogP contribution in [-0.4, -0.2) is 16.3 Å². The molecule has 7 heteroatoms. The van der Waals surface area contributed by atoms with Gasteiger partial charge in [-0.25, -0.2) is 4.98 Å². The minimum absolute atomic E-state index is 0.265. The van der Waals surface area contributed by atoms with Gasteiger partial charge in [-0.3, -0.25) is 0 Å². The van der Waals surface area contributed by atoms with Gasteiger partial charge in [0.05, 0.1) is 12.0 Å². The molecule has 2 aromatic rings. The monoisotopic (exact) mass is 314 g/mol. The average molecular weight is 314 g/mol. The molecule has 1 aromatic heterocycles. The largest absolute Gasteiger partial charge is 0.573 e. The van der Waals surface area contributed by atoms with Gasteiger partial charge in [-0.2, -0.15) is 0 Å². The smallest absolute Gasteiger partial charge is 0.405 e. The summed E-state index contributed by atoms with van der Waals surface area (Å²) in [7, 11) is 0. The van der Waals surface area contributed by atoms with E-state index in [2.05, 4.69) is 14.7 Å². The normalized spacial score (nSPS) is 11.4. The lowest BCUT2D eigenvalue weighted by atomic mass is 10.0. The highest BCUT2D eigenvalue weighted by molar-refractivity contribution is 7.71. The summed E-state index contributed by atoms with van der Waals surface area (Å²) in [5.74, 6) is -0.265. The van der Waals surface area contributed by atoms with Gasteiger partial charge in [0.15, 0.2) is 0 Å². The van der Waals surface area contributed by atoms with Crippen LogP contribution in [-0.2, 0) is 6.42 Å². The lowest BCUT2D eigenvalue weighted by Crippen LogP contribution is -2.17. The molecule has 112 valence electrons. The Hall–Kier alpha value is -1.89. The number of halogens is 3. The van der Waals surface area contributed by atoms with Crippen molar-refractivity contribution in [1.29, 1.82) is 0 Å². The number of alkyl halides is 3. The molecule has 0 unspecified atom stereocenters. The van der Waals surface area contributed by atoms with E-state index in [1.165, 1.54) is 18.5 Å². The minimum Gasteiger partial charge on any atom is -0.405 e. The number of benzene rings is 1. The van der Waals surface area contributed by atoms with Crippen molar-refractivity contribution < 1.29 is 17.9 Å². The Balaban J connectivity index is 2.57. The summed E-state index contributed by atoms with van der Waals surface area (Å²) < 4.78 is 42.0. The highest BCUT2D eigenvalue weighted by Gasteiger charge is 2.32. The van der Waals surface area contributed by atoms with Gasteiger partial charge in [-0.1, -0.05) is 37.7 Å². The second kappa shape index (κ2) is 6.26. The molecule has 0 spiro atoms. The van der Waals surface area contributed by atoms with Crippen LogP contribution in [0, 0.1) is 4.64 Å². The zero-order chi connectivity index (χ0) is 15.5. The molecule has 0 saturated heterocycles. The van der Waals surface area contributed by atoms with E-state index in [0.717, 1.165) is 6.42 Å². The fourth-order valence-electron chi connectivity index (χ4n) is 2.04. The molecule has 21 heavy (non-hydrogen) atoms. The summed E-state index contributed by atoms with van der Waals surface area (Å²) in [5.41, 5.74) is 1.54. The Labute approximate surface area is 124 Å². The van der Waals surface area contributed by atoms with E-state index in [9.17, 15) is 13.2 Å². The van der Waals surface area contributed by atoms with E-state index in [1.807, 2.05) is 6.92 Å². The fourth-order valence-corrected chi connectivity index (χ4v) is 2.29. The Morgan fingerprint density at radius 2 is 2.00 bits per heavy atom. The third kappa shape index (κ3) is 3.81. The van der Waals surface area contributed by atoms with E-state index in [0.29, 0.717) is 27.9 Å². The minimum atomic E-state index is -4.75. The number of nitrogens with one attached hydrogen (secondary N) is 1. The summed E-state index contributed by atoms with van der Waals surface area (Å²) in [5, 5.41) is 0. The number of rotatable bonds is 4. The van der Waals surface area contributed by atoms with E-state index in [4.69, 9.17) is 12.2 Å². The van der Waals surface area contributed by atoms with Gasteiger partial charge in [0.1, 0.15) is 10.4 Å². The first-order valence-corrected chi connectivity index (χ1v) is 6.75. The molecular formula is C14H13F3N2OS. The highest BCUT2D eigenvalue weighted by atomic mass is 32.1. The standard InChI is InChI=1S/C14H13F3N2OS/c1-2-5-10-12(18-8-19-13(10)21)9-6-3-4-7-11(9)20-14(15,16)17/h3-4,6-8H,2,5H2,1H3,(H,18,19,21).